The minimum Gasteiger partial charge on any atom is -0.497 e. The highest BCUT2D eigenvalue weighted by molar-refractivity contribution is 5.47. The van der Waals surface area contributed by atoms with Crippen molar-refractivity contribution < 1.29 is 9.66 Å². The molecular weight excluding hydrogens is 316 g/mol. The molecule has 126 valence electrons. The standard InChI is InChI=1S/C20H18N2O3/c1-25-17-6-4-5-15(13-17)14-19(16-9-11-21-12-10-16)18-7-2-3-8-20(18)22(23)24/h2-13,19H,14H2,1H3. The van der Waals surface area contributed by atoms with Gasteiger partial charge < -0.3 is 4.74 Å². The summed E-state index contributed by atoms with van der Waals surface area (Å²) in [6.07, 6.45) is 4.05. The fourth-order valence-corrected chi connectivity index (χ4v) is 2.99. The Morgan fingerprint density at radius 2 is 1.84 bits per heavy atom. The van der Waals surface area contributed by atoms with Crippen molar-refractivity contribution in [3.8, 4) is 5.75 Å². The molecule has 1 unspecified atom stereocenters. The minimum absolute atomic E-state index is 0.132. The summed E-state index contributed by atoms with van der Waals surface area (Å²) in [6.45, 7) is 0. The third kappa shape index (κ3) is 3.83. The molecule has 3 rings (SSSR count). The third-order valence-electron chi connectivity index (χ3n) is 4.19. The van der Waals surface area contributed by atoms with Gasteiger partial charge in [0.05, 0.1) is 12.0 Å². The van der Waals surface area contributed by atoms with Crippen LogP contribution in [0.15, 0.2) is 73.1 Å². The smallest absolute Gasteiger partial charge is 0.273 e. The van der Waals surface area contributed by atoms with E-state index in [0.29, 0.717) is 12.0 Å². The van der Waals surface area contributed by atoms with Crippen molar-refractivity contribution in [3.05, 3.63) is 99.9 Å². The van der Waals surface area contributed by atoms with Gasteiger partial charge in [0.1, 0.15) is 5.75 Å². The van der Waals surface area contributed by atoms with Crippen LogP contribution in [0.3, 0.4) is 0 Å². The van der Waals surface area contributed by atoms with Gasteiger partial charge in [-0.25, -0.2) is 0 Å². The van der Waals surface area contributed by atoms with Gasteiger partial charge in [0.25, 0.3) is 5.69 Å². The number of rotatable bonds is 6. The quantitative estimate of drug-likeness (QED) is 0.496. The molecule has 0 N–H and O–H groups in total. The van der Waals surface area contributed by atoms with E-state index in [1.807, 2.05) is 48.5 Å². The van der Waals surface area contributed by atoms with Gasteiger partial charge in [-0.1, -0.05) is 30.3 Å². The second kappa shape index (κ2) is 7.57. The Balaban J connectivity index is 2.06. The summed E-state index contributed by atoms with van der Waals surface area (Å²) >= 11 is 0. The Kier molecular flexibility index (Phi) is 5.04. The lowest BCUT2D eigenvalue weighted by Gasteiger charge is -2.18. The van der Waals surface area contributed by atoms with Crippen molar-refractivity contribution in [1.29, 1.82) is 0 Å². The molecule has 3 aromatic rings. The number of nitro benzene ring substituents is 1. The molecule has 0 amide bonds. The molecule has 0 aliphatic rings. The van der Waals surface area contributed by atoms with Gasteiger partial charge in [0.2, 0.25) is 0 Å². The molecule has 0 aliphatic heterocycles. The lowest BCUT2D eigenvalue weighted by Crippen LogP contribution is -2.08. The lowest BCUT2D eigenvalue weighted by molar-refractivity contribution is -0.385. The average Bonchev–Trinajstić information content (AvgIpc) is 2.67. The zero-order valence-corrected chi connectivity index (χ0v) is 13.8. The predicted octanol–water partition coefficient (Wildman–Crippen LogP) is 4.37. The van der Waals surface area contributed by atoms with E-state index in [0.717, 1.165) is 16.9 Å². The fourth-order valence-electron chi connectivity index (χ4n) is 2.99. The molecule has 5 nitrogen and oxygen atoms in total. The first-order valence-corrected chi connectivity index (χ1v) is 7.95. The number of pyridine rings is 1. The molecule has 0 bridgehead atoms. The molecule has 1 aromatic heterocycles. The maximum absolute atomic E-state index is 11.5. The van der Waals surface area contributed by atoms with Crippen molar-refractivity contribution in [3.63, 3.8) is 0 Å². The molecule has 25 heavy (non-hydrogen) atoms. The highest BCUT2D eigenvalue weighted by Crippen LogP contribution is 2.34. The Labute approximate surface area is 146 Å². The molecule has 0 radical (unpaired) electrons. The summed E-state index contributed by atoms with van der Waals surface area (Å²) < 4.78 is 5.29. The van der Waals surface area contributed by atoms with E-state index >= 15 is 0 Å². The Bertz CT molecular complexity index is 866. The number of para-hydroxylation sites is 1. The van der Waals surface area contributed by atoms with Gasteiger partial charge in [-0.3, -0.25) is 15.1 Å². The van der Waals surface area contributed by atoms with Crippen LogP contribution in [0.25, 0.3) is 0 Å². The van der Waals surface area contributed by atoms with Crippen LogP contribution in [0.4, 0.5) is 5.69 Å². The van der Waals surface area contributed by atoms with Crippen LogP contribution in [0.5, 0.6) is 5.75 Å². The lowest BCUT2D eigenvalue weighted by atomic mass is 9.85. The zero-order chi connectivity index (χ0) is 17.6. The largest absolute Gasteiger partial charge is 0.497 e. The van der Waals surface area contributed by atoms with Crippen LogP contribution in [0.2, 0.25) is 0 Å². The maximum atomic E-state index is 11.5. The number of aromatic nitrogens is 1. The SMILES string of the molecule is COc1cccc(CC(c2ccncc2)c2ccccc2[N+](=O)[O-])c1. The number of nitrogens with zero attached hydrogens (tertiary/aromatic N) is 2. The van der Waals surface area contributed by atoms with Gasteiger partial charge in [0, 0.05) is 29.9 Å². The van der Waals surface area contributed by atoms with E-state index in [4.69, 9.17) is 4.74 Å². The molecule has 0 saturated heterocycles. The summed E-state index contributed by atoms with van der Waals surface area (Å²) in [7, 11) is 1.63. The van der Waals surface area contributed by atoms with Crippen molar-refractivity contribution >= 4 is 5.69 Å². The van der Waals surface area contributed by atoms with Crippen LogP contribution in [-0.4, -0.2) is 17.0 Å². The summed E-state index contributed by atoms with van der Waals surface area (Å²) in [6, 6.07) is 18.5. The minimum atomic E-state index is -0.324. The number of ether oxygens (including phenoxy) is 1. The molecule has 0 saturated carbocycles. The topological polar surface area (TPSA) is 65.3 Å². The second-order valence-corrected chi connectivity index (χ2v) is 5.70. The molecule has 1 atom stereocenters. The van der Waals surface area contributed by atoms with Crippen LogP contribution in [0.1, 0.15) is 22.6 Å². The molecule has 0 fully saturated rings. The normalized spacial score (nSPS) is 11.7. The molecule has 0 spiro atoms. The Hall–Kier alpha value is -3.21. The first kappa shape index (κ1) is 16.6. The van der Waals surface area contributed by atoms with Crippen molar-refractivity contribution in [1.82, 2.24) is 4.98 Å². The monoisotopic (exact) mass is 334 g/mol. The van der Waals surface area contributed by atoms with E-state index < -0.39 is 0 Å². The van der Waals surface area contributed by atoms with Crippen molar-refractivity contribution in [2.24, 2.45) is 0 Å². The molecule has 2 aromatic carbocycles. The highest BCUT2D eigenvalue weighted by Gasteiger charge is 2.23. The zero-order valence-electron chi connectivity index (χ0n) is 13.8. The first-order valence-electron chi connectivity index (χ1n) is 7.95. The summed E-state index contributed by atoms with van der Waals surface area (Å²) in [5, 5.41) is 11.5. The van der Waals surface area contributed by atoms with E-state index in [9.17, 15) is 10.1 Å². The third-order valence-corrected chi connectivity index (χ3v) is 4.19. The van der Waals surface area contributed by atoms with E-state index in [2.05, 4.69) is 4.98 Å². The number of methoxy groups -OCH3 is 1. The molecule has 1 heterocycles. The maximum Gasteiger partial charge on any atom is 0.273 e. The summed E-state index contributed by atoms with van der Waals surface area (Å²) in [5.41, 5.74) is 2.88. The van der Waals surface area contributed by atoms with Gasteiger partial charge in [0.15, 0.2) is 0 Å². The van der Waals surface area contributed by atoms with Gasteiger partial charge in [-0.15, -0.1) is 0 Å². The average molecular weight is 334 g/mol. The second-order valence-electron chi connectivity index (χ2n) is 5.70. The van der Waals surface area contributed by atoms with Crippen molar-refractivity contribution in [2.75, 3.05) is 7.11 Å². The van der Waals surface area contributed by atoms with Crippen LogP contribution in [-0.2, 0) is 6.42 Å². The Morgan fingerprint density at radius 3 is 2.56 bits per heavy atom. The van der Waals surface area contributed by atoms with Crippen molar-refractivity contribution in [2.45, 2.75) is 12.3 Å². The fraction of sp³-hybridized carbons (Fsp3) is 0.150. The number of hydrogen-bond acceptors (Lipinski definition) is 4. The highest BCUT2D eigenvalue weighted by atomic mass is 16.6. The molecule has 0 aliphatic carbocycles. The first-order chi connectivity index (χ1) is 12.2. The number of benzene rings is 2. The Morgan fingerprint density at radius 1 is 1.08 bits per heavy atom. The van der Waals surface area contributed by atoms with Gasteiger partial charge >= 0.3 is 0 Å². The van der Waals surface area contributed by atoms with Gasteiger partial charge in [-0.05, 0) is 41.8 Å². The number of nitro groups is 1. The van der Waals surface area contributed by atoms with Crippen LogP contribution >= 0.6 is 0 Å². The van der Waals surface area contributed by atoms with E-state index in [-0.39, 0.29) is 16.5 Å². The molecule has 5 heteroatoms. The van der Waals surface area contributed by atoms with Crippen LogP contribution in [0, 0.1) is 10.1 Å². The number of hydrogen-bond donors (Lipinski definition) is 0. The molecular formula is C20H18N2O3. The van der Waals surface area contributed by atoms with E-state index in [1.54, 1.807) is 31.6 Å². The van der Waals surface area contributed by atoms with Gasteiger partial charge in [-0.2, -0.15) is 0 Å². The summed E-state index contributed by atoms with van der Waals surface area (Å²) in [5.74, 6) is 0.630. The van der Waals surface area contributed by atoms with Crippen LogP contribution < -0.4 is 4.74 Å². The summed E-state index contributed by atoms with van der Waals surface area (Å²) in [4.78, 5) is 15.2. The van der Waals surface area contributed by atoms with E-state index in [1.165, 1.54) is 0 Å². The predicted molar refractivity (Wildman–Crippen MR) is 95.9 cm³/mol.